The molecular formula is C63H122N10O4. The Morgan fingerprint density at radius 2 is 0.636 bits per heavy atom. The van der Waals surface area contributed by atoms with Crippen LogP contribution in [0.25, 0.3) is 0 Å². The zero-order valence-electron chi connectivity index (χ0n) is 53.2. The molecular weight excluding hydrogens is 961 g/mol. The van der Waals surface area contributed by atoms with Crippen LogP contribution in [0.4, 0.5) is 9.59 Å². The molecule has 0 saturated carbocycles. The molecule has 4 saturated heterocycles. The number of urea groups is 2. The van der Waals surface area contributed by atoms with Crippen LogP contribution in [0.3, 0.4) is 0 Å². The van der Waals surface area contributed by atoms with Crippen LogP contribution in [-0.4, -0.2) is 158 Å². The first-order valence-electron chi connectivity index (χ1n) is 31.2. The van der Waals surface area contributed by atoms with Gasteiger partial charge in [0.25, 0.3) is 0 Å². The monoisotopic (exact) mass is 1080 g/mol. The van der Waals surface area contributed by atoms with Crippen LogP contribution in [0.1, 0.15) is 265 Å². The van der Waals surface area contributed by atoms with E-state index in [1.165, 1.54) is 0 Å². The molecule has 0 bridgehead atoms. The largest absolute Gasteiger partial charge is 0.340 e. The van der Waals surface area contributed by atoms with Gasteiger partial charge >= 0.3 is 12.1 Å². The molecule has 14 nitrogen and oxygen atoms in total. The standard InChI is InChI=1S/C63H122N10O4/c1-48(74)32-24-21-26-34-64-54(76)72(51-44-60(10,11)68-61(12,13)45-51)38-29-19-20-30-39-73(52-46-62(14,15)69-63(16,17)47-52)55(77)65-35-27-22-25-33-53(75)71(50-42-58(6,7)67-59(8,9)43-50)37-31-23-28-36-70(18)49-40-56(2,3)66-57(4,5)41-49/h49-52,66-69H,19-47H2,1-18H3,(H,64,76)(H,65,77). The SMILES string of the molecule is CC(=O)CCCCCNC(=O)N(CCCCCCN(C(=O)NCCCCCC(=O)N(CCCCCN(C)C1CC(C)(C)NC(C)(C)C1)C1CC(C)(C)NC(C)(C)C1)C1CC(C)(C)NC(C)(C)C1)C1CC(C)(C)NC(C)(C)C1. The minimum absolute atomic E-state index is 0.0228. The number of unbranched alkanes of at least 4 members (excludes halogenated alkanes) is 9. The molecule has 0 aromatic rings. The summed E-state index contributed by atoms with van der Waals surface area (Å²) in [7, 11) is 2.30. The fourth-order valence-corrected chi connectivity index (χ4v) is 15.4. The zero-order chi connectivity index (χ0) is 57.7. The second kappa shape index (κ2) is 28.5. The molecule has 0 aromatic heterocycles. The van der Waals surface area contributed by atoms with Crippen molar-refractivity contribution in [2.45, 2.75) is 334 Å². The quantitative estimate of drug-likeness (QED) is 0.0402. The lowest BCUT2D eigenvalue weighted by Crippen LogP contribution is -2.63. The Morgan fingerprint density at radius 1 is 0.364 bits per heavy atom. The Balaban J connectivity index is 1.29. The Morgan fingerprint density at radius 3 is 0.987 bits per heavy atom. The highest BCUT2D eigenvalue weighted by atomic mass is 16.2. The van der Waals surface area contributed by atoms with Gasteiger partial charge in [-0.2, -0.15) is 0 Å². The number of nitrogens with zero attached hydrogens (tertiary/aromatic N) is 4. The van der Waals surface area contributed by atoms with Crippen LogP contribution in [0.5, 0.6) is 0 Å². The maximum absolute atomic E-state index is 14.3. The fourth-order valence-electron chi connectivity index (χ4n) is 15.4. The van der Waals surface area contributed by atoms with Crippen LogP contribution in [0.2, 0.25) is 0 Å². The van der Waals surface area contributed by atoms with E-state index >= 15 is 0 Å². The number of Topliss-reactive ketones (excluding diaryl/α,β-unsaturated/α-hetero) is 1. The highest BCUT2D eigenvalue weighted by molar-refractivity contribution is 5.77. The van der Waals surface area contributed by atoms with Gasteiger partial charge in [0.05, 0.1) is 0 Å². The number of piperidine rings is 4. The molecule has 4 rings (SSSR count). The molecule has 0 aliphatic carbocycles. The number of hydrogen-bond acceptors (Lipinski definition) is 9. The summed E-state index contributed by atoms with van der Waals surface area (Å²) in [6.45, 7) is 42.6. The van der Waals surface area contributed by atoms with Crippen LogP contribution < -0.4 is 31.9 Å². The van der Waals surface area contributed by atoms with E-state index in [0.717, 1.165) is 148 Å². The summed E-state index contributed by atoms with van der Waals surface area (Å²) in [5.74, 6) is 0.509. The fraction of sp³-hybridized carbons (Fsp3) is 0.937. The first-order valence-corrected chi connectivity index (χ1v) is 31.2. The van der Waals surface area contributed by atoms with Gasteiger partial charge in [-0.15, -0.1) is 0 Å². The van der Waals surface area contributed by atoms with Gasteiger partial charge in [-0.05, 0) is 234 Å². The van der Waals surface area contributed by atoms with Gasteiger partial charge in [-0.1, -0.05) is 32.1 Å². The van der Waals surface area contributed by atoms with E-state index in [9.17, 15) is 19.2 Å². The van der Waals surface area contributed by atoms with Crippen LogP contribution in [0.15, 0.2) is 0 Å². The molecule has 0 radical (unpaired) electrons. The third-order valence-electron chi connectivity index (χ3n) is 17.2. The van der Waals surface area contributed by atoms with Crippen molar-refractivity contribution >= 4 is 23.8 Å². The molecule has 4 heterocycles. The lowest BCUT2D eigenvalue weighted by atomic mass is 9.78. The smallest absolute Gasteiger partial charge is 0.317 e. The highest BCUT2D eigenvalue weighted by Gasteiger charge is 2.44. The van der Waals surface area contributed by atoms with Crippen LogP contribution >= 0.6 is 0 Å². The number of amides is 5. The Hall–Kier alpha value is -2.52. The van der Waals surface area contributed by atoms with Gasteiger partial charge in [0, 0.05) is 114 Å². The molecule has 77 heavy (non-hydrogen) atoms. The Bertz CT molecular complexity index is 1800. The lowest BCUT2D eigenvalue weighted by Gasteiger charge is -2.49. The zero-order valence-corrected chi connectivity index (χ0v) is 53.2. The van der Waals surface area contributed by atoms with Crippen molar-refractivity contribution in [3.05, 3.63) is 0 Å². The summed E-state index contributed by atoms with van der Waals surface area (Å²) in [5.41, 5.74) is -0.174. The molecule has 6 N–H and O–H groups in total. The normalized spacial score (nSPS) is 22.8. The Kier molecular flexibility index (Phi) is 24.8. The van der Waals surface area contributed by atoms with E-state index < -0.39 is 0 Å². The number of ketones is 1. The van der Waals surface area contributed by atoms with E-state index in [1.807, 2.05) is 0 Å². The van der Waals surface area contributed by atoms with Gasteiger partial charge < -0.3 is 56.3 Å². The first kappa shape index (κ1) is 67.0. The minimum atomic E-state index is -0.0972. The summed E-state index contributed by atoms with van der Waals surface area (Å²) in [5, 5.41) is 21.9. The summed E-state index contributed by atoms with van der Waals surface area (Å²) < 4.78 is 0. The topological polar surface area (TPSA) is 153 Å². The molecule has 0 atom stereocenters. The van der Waals surface area contributed by atoms with Gasteiger partial charge in [0.15, 0.2) is 0 Å². The van der Waals surface area contributed by atoms with E-state index in [-0.39, 0.29) is 86.2 Å². The number of carbonyl (C=O) groups is 4. The van der Waals surface area contributed by atoms with Crippen molar-refractivity contribution in [1.82, 2.24) is 51.5 Å². The molecule has 0 unspecified atom stereocenters. The average Bonchev–Trinajstić information content (AvgIpc) is 3.23. The van der Waals surface area contributed by atoms with Gasteiger partial charge in [-0.25, -0.2) is 9.59 Å². The van der Waals surface area contributed by atoms with E-state index in [2.05, 4.69) is 169 Å². The van der Waals surface area contributed by atoms with Crippen molar-refractivity contribution < 1.29 is 19.2 Å². The van der Waals surface area contributed by atoms with E-state index in [1.54, 1.807) is 6.92 Å². The van der Waals surface area contributed by atoms with Crippen molar-refractivity contribution in [2.24, 2.45) is 0 Å². The predicted molar refractivity (Wildman–Crippen MR) is 322 cm³/mol. The summed E-state index contributed by atoms with van der Waals surface area (Å²) in [6.07, 6.45) is 21.3. The average molecular weight is 1080 g/mol. The lowest BCUT2D eigenvalue weighted by molar-refractivity contribution is -0.135. The van der Waals surface area contributed by atoms with Crippen LogP contribution in [-0.2, 0) is 9.59 Å². The Labute approximate surface area is 472 Å². The first-order chi connectivity index (χ1) is 35.5. The van der Waals surface area contributed by atoms with E-state index in [4.69, 9.17) is 0 Å². The maximum Gasteiger partial charge on any atom is 0.317 e. The van der Waals surface area contributed by atoms with Gasteiger partial charge in [-0.3, -0.25) is 4.79 Å². The molecule has 0 spiro atoms. The third-order valence-corrected chi connectivity index (χ3v) is 17.2. The van der Waals surface area contributed by atoms with Crippen LogP contribution in [0, 0.1) is 0 Å². The molecule has 448 valence electrons. The number of rotatable bonds is 29. The summed E-state index contributed by atoms with van der Waals surface area (Å²) in [6, 6.07) is 1.11. The molecule has 4 aliphatic rings. The van der Waals surface area contributed by atoms with Crippen molar-refractivity contribution in [3.63, 3.8) is 0 Å². The molecule has 4 aliphatic heterocycles. The summed E-state index contributed by atoms with van der Waals surface area (Å²) in [4.78, 5) is 62.9. The number of carbonyl (C=O) groups excluding carboxylic acids is 4. The van der Waals surface area contributed by atoms with Crippen molar-refractivity contribution in [3.8, 4) is 0 Å². The van der Waals surface area contributed by atoms with Crippen molar-refractivity contribution in [1.29, 1.82) is 0 Å². The highest BCUT2D eigenvalue weighted by Crippen LogP contribution is 2.36. The maximum atomic E-state index is 14.3. The molecule has 4 fully saturated rings. The summed E-state index contributed by atoms with van der Waals surface area (Å²) >= 11 is 0. The minimum Gasteiger partial charge on any atom is -0.340 e. The molecule has 14 heteroatoms. The second-order valence-corrected chi connectivity index (χ2v) is 30.5. The molecule has 5 amide bonds. The van der Waals surface area contributed by atoms with Crippen molar-refractivity contribution in [2.75, 3.05) is 46.3 Å². The van der Waals surface area contributed by atoms with E-state index in [0.29, 0.717) is 45.1 Å². The van der Waals surface area contributed by atoms with Gasteiger partial charge in [0.1, 0.15) is 5.78 Å². The third kappa shape index (κ3) is 24.2. The van der Waals surface area contributed by atoms with Gasteiger partial charge in [0.2, 0.25) is 5.91 Å². The molecule has 0 aromatic carbocycles. The second-order valence-electron chi connectivity index (χ2n) is 30.5. The number of nitrogens with one attached hydrogen (secondary N) is 6. The predicted octanol–water partition coefficient (Wildman–Crippen LogP) is 11.4. The number of hydrogen-bond donors (Lipinski definition) is 6.